The third-order valence-corrected chi connectivity index (χ3v) is 1.81. The summed E-state index contributed by atoms with van der Waals surface area (Å²) in [5.74, 6) is -5.88. The van der Waals surface area contributed by atoms with Crippen molar-refractivity contribution >= 4 is 5.91 Å². The lowest BCUT2D eigenvalue weighted by Crippen LogP contribution is -2.52. The molecule has 1 aliphatic rings. The molecule has 1 saturated heterocycles. The summed E-state index contributed by atoms with van der Waals surface area (Å²) in [6, 6.07) is 0. The first-order valence-electron chi connectivity index (χ1n) is 3.36. The van der Waals surface area contributed by atoms with Crippen LogP contribution < -0.4 is 5.32 Å². The highest BCUT2D eigenvalue weighted by molar-refractivity contribution is 5.84. The molecule has 0 saturated carbocycles. The fourth-order valence-corrected chi connectivity index (χ4v) is 1.05. The van der Waals surface area contributed by atoms with Gasteiger partial charge in [0.05, 0.1) is 12.5 Å². The van der Waals surface area contributed by atoms with Gasteiger partial charge in [-0.25, -0.2) is 0 Å². The molecule has 1 rings (SSSR count). The van der Waals surface area contributed by atoms with E-state index >= 15 is 0 Å². The Bertz CT molecular complexity index is 172. The van der Waals surface area contributed by atoms with Gasteiger partial charge in [-0.05, 0) is 6.42 Å². The number of carbonyl (C=O) groups excluding carboxylic acids is 1. The van der Waals surface area contributed by atoms with Gasteiger partial charge >= 0.3 is 5.92 Å². The molecule has 0 aliphatic carbocycles. The van der Waals surface area contributed by atoms with Crippen LogP contribution in [-0.2, 0) is 4.79 Å². The summed E-state index contributed by atoms with van der Waals surface area (Å²) in [5.41, 5.74) is 0. The van der Waals surface area contributed by atoms with Gasteiger partial charge in [0.25, 0.3) is 5.91 Å². The Hall–Kier alpha value is -0.710. The van der Waals surface area contributed by atoms with Crippen LogP contribution in [0.1, 0.15) is 6.42 Å². The van der Waals surface area contributed by atoms with Crippen molar-refractivity contribution in [2.24, 2.45) is 5.92 Å². The summed E-state index contributed by atoms with van der Waals surface area (Å²) in [6.45, 7) is -0.417. The van der Waals surface area contributed by atoms with Gasteiger partial charge in [0.1, 0.15) is 0 Å². The molecule has 3 nitrogen and oxygen atoms in total. The normalized spacial score (nSPS) is 29.7. The number of halogens is 2. The maximum absolute atomic E-state index is 12.7. The average molecular weight is 165 g/mol. The van der Waals surface area contributed by atoms with Crippen LogP contribution in [0.25, 0.3) is 0 Å². The Balaban J connectivity index is 2.72. The molecule has 1 fully saturated rings. The van der Waals surface area contributed by atoms with E-state index in [1.165, 1.54) is 0 Å². The fourth-order valence-electron chi connectivity index (χ4n) is 1.05. The summed E-state index contributed by atoms with van der Waals surface area (Å²) in [4.78, 5) is 10.5. The Kier molecular flexibility index (Phi) is 2.08. The van der Waals surface area contributed by atoms with E-state index in [9.17, 15) is 13.6 Å². The summed E-state index contributed by atoms with van der Waals surface area (Å²) in [6.07, 6.45) is 0.134. The molecule has 1 unspecified atom stereocenters. The van der Waals surface area contributed by atoms with Crippen molar-refractivity contribution in [2.45, 2.75) is 12.3 Å². The molecule has 1 amide bonds. The van der Waals surface area contributed by atoms with Crippen LogP contribution in [0.5, 0.6) is 0 Å². The van der Waals surface area contributed by atoms with Crippen LogP contribution in [0.4, 0.5) is 8.78 Å². The summed E-state index contributed by atoms with van der Waals surface area (Å²) < 4.78 is 25.4. The van der Waals surface area contributed by atoms with Crippen molar-refractivity contribution in [1.82, 2.24) is 5.32 Å². The van der Waals surface area contributed by atoms with Crippen LogP contribution in [0.2, 0.25) is 0 Å². The van der Waals surface area contributed by atoms with E-state index in [1.807, 2.05) is 5.32 Å². The van der Waals surface area contributed by atoms with Crippen molar-refractivity contribution in [3.63, 3.8) is 0 Å². The number of aliphatic hydroxyl groups is 1. The molecule has 0 aromatic carbocycles. The minimum atomic E-state index is -3.40. The smallest absolute Gasteiger partial charge is 0.329 e. The number of carbonyl (C=O) groups is 1. The molecule has 2 N–H and O–H groups in total. The monoisotopic (exact) mass is 165 g/mol. The zero-order valence-electron chi connectivity index (χ0n) is 5.81. The molecule has 1 atom stereocenters. The third-order valence-electron chi connectivity index (χ3n) is 1.81. The van der Waals surface area contributed by atoms with Crippen LogP contribution in [0.15, 0.2) is 0 Å². The van der Waals surface area contributed by atoms with Gasteiger partial charge in [0.15, 0.2) is 0 Å². The number of alkyl halides is 2. The van der Waals surface area contributed by atoms with Crippen molar-refractivity contribution in [2.75, 3.05) is 13.2 Å². The van der Waals surface area contributed by atoms with E-state index in [0.717, 1.165) is 0 Å². The molecule has 0 bridgehead atoms. The molecule has 0 aromatic heterocycles. The Morgan fingerprint density at radius 2 is 2.36 bits per heavy atom. The Morgan fingerprint density at radius 3 is 2.82 bits per heavy atom. The first kappa shape index (κ1) is 8.39. The molecule has 0 aromatic rings. The predicted octanol–water partition coefficient (Wildman–Crippen LogP) is -0.250. The van der Waals surface area contributed by atoms with E-state index in [-0.39, 0.29) is 13.0 Å². The van der Waals surface area contributed by atoms with Gasteiger partial charge in [0, 0.05) is 6.54 Å². The zero-order valence-corrected chi connectivity index (χ0v) is 5.81. The minimum absolute atomic E-state index is 0.134. The van der Waals surface area contributed by atoms with Crippen molar-refractivity contribution in [3.8, 4) is 0 Å². The summed E-state index contributed by atoms with van der Waals surface area (Å²) >= 11 is 0. The number of aliphatic hydroxyl groups excluding tert-OH is 1. The van der Waals surface area contributed by atoms with E-state index in [4.69, 9.17) is 5.11 Å². The lowest BCUT2D eigenvalue weighted by Gasteiger charge is -2.28. The van der Waals surface area contributed by atoms with E-state index in [0.29, 0.717) is 0 Å². The molecular formula is C6H9F2NO2. The molecule has 64 valence electrons. The van der Waals surface area contributed by atoms with Crippen molar-refractivity contribution in [3.05, 3.63) is 0 Å². The van der Waals surface area contributed by atoms with Crippen LogP contribution in [0.3, 0.4) is 0 Å². The second-order valence-electron chi connectivity index (χ2n) is 2.55. The fraction of sp³-hybridized carbons (Fsp3) is 0.833. The highest BCUT2D eigenvalue weighted by Gasteiger charge is 2.48. The lowest BCUT2D eigenvalue weighted by molar-refractivity contribution is -0.162. The van der Waals surface area contributed by atoms with Gasteiger partial charge in [-0.2, -0.15) is 8.78 Å². The minimum Gasteiger partial charge on any atom is -0.396 e. The highest BCUT2D eigenvalue weighted by atomic mass is 19.3. The van der Waals surface area contributed by atoms with Gasteiger partial charge < -0.3 is 10.4 Å². The van der Waals surface area contributed by atoms with Gasteiger partial charge in [-0.3, -0.25) is 4.79 Å². The predicted molar refractivity (Wildman–Crippen MR) is 33.1 cm³/mol. The summed E-state index contributed by atoms with van der Waals surface area (Å²) in [7, 11) is 0. The second-order valence-corrected chi connectivity index (χ2v) is 2.55. The largest absolute Gasteiger partial charge is 0.396 e. The first-order valence-corrected chi connectivity index (χ1v) is 3.36. The number of amides is 1. The number of rotatable bonds is 1. The number of piperidine rings is 1. The highest BCUT2D eigenvalue weighted by Crippen LogP contribution is 2.29. The van der Waals surface area contributed by atoms with Gasteiger partial charge in [0.2, 0.25) is 0 Å². The van der Waals surface area contributed by atoms with Crippen LogP contribution in [0, 0.1) is 5.92 Å². The van der Waals surface area contributed by atoms with Crippen molar-refractivity contribution < 1.29 is 18.7 Å². The molecule has 1 heterocycles. The molecular weight excluding hydrogens is 156 g/mol. The Morgan fingerprint density at radius 1 is 1.73 bits per heavy atom. The molecule has 11 heavy (non-hydrogen) atoms. The maximum atomic E-state index is 12.7. The van der Waals surface area contributed by atoms with Gasteiger partial charge in [-0.1, -0.05) is 0 Å². The number of nitrogens with one attached hydrogen (secondary N) is 1. The van der Waals surface area contributed by atoms with Gasteiger partial charge in [-0.15, -0.1) is 0 Å². The molecule has 5 heteroatoms. The second kappa shape index (κ2) is 2.73. The lowest BCUT2D eigenvalue weighted by atomic mass is 9.94. The topological polar surface area (TPSA) is 49.3 Å². The SMILES string of the molecule is O=C1NCCC(CO)C1(F)F. The molecule has 0 radical (unpaired) electrons. The Labute approximate surface area is 62.4 Å². The first-order chi connectivity index (χ1) is 5.09. The van der Waals surface area contributed by atoms with E-state index in [1.54, 1.807) is 0 Å². The third kappa shape index (κ3) is 1.33. The summed E-state index contributed by atoms with van der Waals surface area (Å²) in [5, 5.41) is 10.5. The average Bonchev–Trinajstić information content (AvgIpc) is 1.95. The standard InChI is InChI=1S/C6H9F2NO2/c7-6(8)4(3-10)1-2-9-5(6)11/h4,10H,1-3H2,(H,9,11). The maximum Gasteiger partial charge on any atom is 0.329 e. The van der Waals surface area contributed by atoms with E-state index < -0.39 is 24.4 Å². The number of hydrogen-bond donors (Lipinski definition) is 2. The van der Waals surface area contributed by atoms with Crippen LogP contribution in [-0.4, -0.2) is 30.1 Å². The quantitative estimate of drug-likeness (QED) is 0.563. The zero-order chi connectivity index (χ0) is 8.48. The van der Waals surface area contributed by atoms with Crippen LogP contribution >= 0.6 is 0 Å². The molecule has 1 aliphatic heterocycles. The van der Waals surface area contributed by atoms with Crippen molar-refractivity contribution in [1.29, 1.82) is 0 Å². The van der Waals surface area contributed by atoms with E-state index in [2.05, 4.69) is 0 Å². The number of hydrogen-bond acceptors (Lipinski definition) is 2. The molecule has 0 spiro atoms.